The molecule has 2 aliphatic rings. The van der Waals surface area contributed by atoms with E-state index in [-0.39, 0.29) is 5.41 Å². The zero-order valence-corrected chi connectivity index (χ0v) is 15.2. The first kappa shape index (κ1) is 17.1. The van der Waals surface area contributed by atoms with Crippen LogP contribution in [0.3, 0.4) is 0 Å². The second-order valence-corrected chi connectivity index (χ2v) is 7.40. The van der Waals surface area contributed by atoms with Gasteiger partial charge in [0.25, 0.3) is 0 Å². The van der Waals surface area contributed by atoms with Crippen molar-refractivity contribution in [2.75, 3.05) is 39.3 Å². The summed E-state index contributed by atoms with van der Waals surface area (Å²) in [7, 11) is 0. The Morgan fingerprint density at radius 1 is 0.962 bits per heavy atom. The summed E-state index contributed by atoms with van der Waals surface area (Å²) < 4.78 is 5.80. The number of hydrogen-bond acceptors (Lipinski definition) is 2. The Balaban J connectivity index is 1.25. The molecule has 0 atom stereocenters. The Hall–Kier alpha value is -2.33. The third-order valence-electron chi connectivity index (χ3n) is 5.71. The van der Waals surface area contributed by atoms with Gasteiger partial charge in [0.1, 0.15) is 18.9 Å². The van der Waals surface area contributed by atoms with Gasteiger partial charge >= 0.3 is 0 Å². The fraction of sp³-hybridized carbons (Fsp3) is 0.409. The number of ether oxygens (including phenoxy) is 1. The summed E-state index contributed by atoms with van der Waals surface area (Å²) in [5, 5.41) is 0. The van der Waals surface area contributed by atoms with E-state index in [1.165, 1.54) is 10.5 Å². The quantitative estimate of drug-likeness (QED) is 0.856. The van der Waals surface area contributed by atoms with E-state index in [4.69, 9.17) is 4.74 Å². The van der Waals surface area contributed by atoms with E-state index in [2.05, 4.69) is 17.0 Å². The largest absolute Gasteiger partial charge is 0.488 e. The zero-order valence-electron chi connectivity index (χ0n) is 15.2. The van der Waals surface area contributed by atoms with Crippen LogP contribution in [0, 0.1) is 0 Å². The average Bonchev–Trinajstić information content (AvgIpc) is 3.52. The maximum atomic E-state index is 13.1. The number of para-hydroxylation sites is 1. The number of carbonyl (C=O) groups is 1. The van der Waals surface area contributed by atoms with Gasteiger partial charge in [-0.05, 0) is 30.5 Å². The number of quaternary nitrogens is 1. The Morgan fingerprint density at radius 3 is 2.19 bits per heavy atom. The molecule has 136 valence electrons. The molecule has 2 aromatic carbocycles. The Labute approximate surface area is 155 Å². The van der Waals surface area contributed by atoms with Gasteiger partial charge in [0.2, 0.25) is 5.91 Å². The van der Waals surface area contributed by atoms with Crippen LogP contribution in [0.25, 0.3) is 0 Å². The molecule has 0 radical (unpaired) electrons. The van der Waals surface area contributed by atoms with Gasteiger partial charge in [0, 0.05) is 0 Å². The molecule has 0 aromatic heterocycles. The van der Waals surface area contributed by atoms with E-state index in [0.717, 1.165) is 57.9 Å². The summed E-state index contributed by atoms with van der Waals surface area (Å²) in [5.74, 6) is 1.27. The first-order chi connectivity index (χ1) is 12.8. The van der Waals surface area contributed by atoms with Crippen molar-refractivity contribution in [1.82, 2.24) is 4.90 Å². The number of piperazine rings is 1. The molecular weight excluding hydrogens is 324 g/mol. The summed E-state index contributed by atoms with van der Waals surface area (Å²) in [5.41, 5.74) is 0.964. The molecule has 4 nitrogen and oxygen atoms in total. The monoisotopic (exact) mass is 351 g/mol. The third kappa shape index (κ3) is 3.61. The van der Waals surface area contributed by atoms with Crippen molar-refractivity contribution in [2.45, 2.75) is 18.3 Å². The second-order valence-electron chi connectivity index (χ2n) is 7.40. The summed E-state index contributed by atoms with van der Waals surface area (Å²) in [6.07, 6.45) is 1.99. The fourth-order valence-electron chi connectivity index (χ4n) is 3.92. The van der Waals surface area contributed by atoms with Crippen molar-refractivity contribution in [1.29, 1.82) is 0 Å². The van der Waals surface area contributed by atoms with Crippen LogP contribution >= 0.6 is 0 Å². The molecule has 26 heavy (non-hydrogen) atoms. The van der Waals surface area contributed by atoms with Crippen molar-refractivity contribution >= 4 is 5.91 Å². The molecule has 1 heterocycles. The molecule has 4 heteroatoms. The maximum absolute atomic E-state index is 13.1. The zero-order chi connectivity index (χ0) is 17.8. The van der Waals surface area contributed by atoms with Crippen LogP contribution in [-0.4, -0.2) is 50.1 Å². The minimum absolute atomic E-state index is 0.227. The van der Waals surface area contributed by atoms with Gasteiger partial charge in [-0.3, -0.25) is 4.79 Å². The third-order valence-corrected chi connectivity index (χ3v) is 5.71. The highest BCUT2D eigenvalue weighted by Gasteiger charge is 2.53. The maximum Gasteiger partial charge on any atom is 0.233 e. The lowest BCUT2D eigenvalue weighted by Gasteiger charge is -2.34. The molecular formula is C22H27N2O2+. The summed E-state index contributed by atoms with van der Waals surface area (Å²) in [6, 6.07) is 20.3. The fourth-order valence-corrected chi connectivity index (χ4v) is 3.92. The van der Waals surface area contributed by atoms with Crippen molar-refractivity contribution in [3.63, 3.8) is 0 Å². The molecule has 1 saturated carbocycles. The van der Waals surface area contributed by atoms with E-state index in [9.17, 15) is 4.79 Å². The van der Waals surface area contributed by atoms with Crippen LogP contribution in [0.5, 0.6) is 5.75 Å². The molecule has 0 bridgehead atoms. The van der Waals surface area contributed by atoms with Gasteiger partial charge in [-0.25, -0.2) is 0 Å². The lowest BCUT2D eigenvalue weighted by Crippen LogP contribution is -3.15. The predicted octanol–water partition coefficient (Wildman–Crippen LogP) is 1.52. The van der Waals surface area contributed by atoms with E-state index < -0.39 is 0 Å². The molecule has 4 rings (SSSR count). The van der Waals surface area contributed by atoms with E-state index in [0.29, 0.717) is 5.91 Å². The normalized spacial score (nSPS) is 19.2. The second kappa shape index (κ2) is 7.50. The van der Waals surface area contributed by atoms with Crippen LogP contribution in [0.1, 0.15) is 18.4 Å². The summed E-state index contributed by atoms with van der Waals surface area (Å²) >= 11 is 0. The minimum Gasteiger partial charge on any atom is -0.488 e. The number of amides is 1. The van der Waals surface area contributed by atoms with Crippen molar-refractivity contribution in [2.24, 2.45) is 0 Å². The van der Waals surface area contributed by atoms with Gasteiger partial charge in [0.05, 0.1) is 31.6 Å². The number of nitrogens with zero attached hydrogens (tertiary/aromatic N) is 1. The van der Waals surface area contributed by atoms with Crippen molar-refractivity contribution < 1.29 is 14.4 Å². The standard InChI is InChI=1S/C22H26N2O2/c25-21(22(11-12-22)19-7-3-1-4-8-19)24-15-13-23(14-16-24)17-18-26-20-9-5-2-6-10-20/h1-10H,11-18H2/p+1. The Morgan fingerprint density at radius 2 is 1.58 bits per heavy atom. The van der Waals surface area contributed by atoms with E-state index in [1.807, 2.05) is 48.5 Å². The lowest BCUT2D eigenvalue weighted by atomic mass is 9.94. The van der Waals surface area contributed by atoms with Crippen LogP contribution < -0.4 is 9.64 Å². The first-order valence-corrected chi connectivity index (χ1v) is 9.64. The van der Waals surface area contributed by atoms with Crippen LogP contribution in [0.4, 0.5) is 0 Å². The van der Waals surface area contributed by atoms with Gasteiger partial charge in [-0.2, -0.15) is 0 Å². The molecule has 1 saturated heterocycles. The number of carbonyl (C=O) groups excluding carboxylic acids is 1. The molecule has 1 amide bonds. The van der Waals surface area contributed by atoms with E-state index in [1.54, 1.807) is 0 Å². The highest BCUT2D eigenvalue weighted by molar-refractivity contribution is 5.91. The molecule has 1 N–H and O–H groups in total. The van der Waals surface area contributed by atoms with Crippen LogP contribution in [0.15, 0.2) is 60.7 Å². The van der Waals surface area contributed by atoms with Gasteiger partial charge in [-0.1, -0.05) is 48.5 Å². The number of rotatable bonds is 6. The van der Waals surface area contributed by atoms with Gasteiger partial charge in [0.15, 0.2) is 0 Å². The Bertz CT molecular complexity index is 720. The summed E-state index contributed by atoms with van der Waals surface area (Å²) in [6.45, 7) is 5.44. The molecule has 0 unspecified atom stereocenters. The lowest BCUT2D eigenvalue weighted by molar-refractivity contribution is -0.904. The molecule has 1 aliphatic heterocycles. The van der Waals surface area contributed by atoms with Crippen molar-refractivity contribution in [3.05, 3.63) is 66.2 Å². The SMILES string of the molecule is O=C(N1CC[NH+](CCOc2ccccc2)CC1)C1(c2ccccc2)CC1. The number of benzene rings is 2. The minimum atomic E-state index is -0.227. The summed E-state index contributed by atoms with van der Waals surface area (Å²) in [4.78, 5) is 16.7. The smallest absolute Gasteiger partial charge is 0.233 e. The highest BCUT2D eigenvalue weighted by atomic mass is 16.5. The van der Waals surface area contributed by atoms with Crippen LogP contribution in [0.2, 0.25) is 0 Å². The molecule has 1 aliphatic carbocycles. The van der Waals surface area contributed by atoms with Gasteiger partial charge < -0.3 is 14.5 Å². The Kier molecular flexibility index (Phi) is 4.93. The number of nitrogens with one attached hydrogen (secondary N) is 1. The average molecular weight is 351 g/mol. The van der Waals surface area contributed by atoms with Crippen molar-refractivity contribution in [3.8, 4) is 5.75 Å². The molecule has 0 spiro atoms. The first-order valence-electron chi connectivity index (χ1n) is 9.64. The molecule has 2 aromatic rings. The number of hydrogen-bond donors (Lipinski definition) is 1. The molecule has 2 fully saturated rings. The van der Waals surface area contributed by atoms with E-state index >= 15 is 0 Å². The topological polar surface area (TPSA) is 34.0 Å². The predicted molar refractivity (Wildman–Crippen MR) is 101 cm³/mol. The van der Waals surface area contributed by atoms with Crippen LogP contribution in [-0.2, 0) is 10.2 Å². The van der Waals surface area contributed by atoms with Gasteiger partial charge in [-0.15, -0.1) is 0 Å². The highest BCUT2D eigenvalue weighted by Crippen LogP contribution is 2.49.